The van der Waals surface area contributed by atoms with E-state index in [0.29, 0.717) is 30.6 Å². The molecule has 0 radical (unpaired) electrons. The van der Waals surface area contributed by atoms with E-state index >= 15 is 0 Å². The highest BCUT2D eigenvalue weighted by molar-refractivity contribution is 5.94. The lowest BCUT2D eigenvalue weighted by molar-refractivity contribution is 0.0695. The zero-order valence-electron chi connectivity index (χ0n) is 13.3. The number of aryl methyl sites for hydroxylation is 1. The molecule has 1 aliphatic heterocycles. The van der Waals surface area contributed by atoms with Gasteiger partial charge in [0.25, 0.3) is 5.91 Å². The average Bonchev–Trinajstić information content (AvgIpc) is 3.06. The van der Waals surface area contributed by atoms with Gasteiger partial charge in [-0.05, 0) is 42.7 Å². The summed E-state index contributed by atoms with van der Waals surface area (Å²) in [6, 6.07) is 11.4. The molecule has 1 heterocycles. The number of carbonyl (C=O) groups is 2. The molecule has 2 aromatic rings. The second-order valence-electron chi connectivity index (χ2n) is 6.09. The Morgan fingerprint density at radius 1 is 1.21 bits per heavy atom. The molecule has 1 aliphatic rings. The van der Waals surface area contributed by atoms with E-state index in [9.17, 15) is 19.1 Å². The average molecular weight is 327 g/mol. The van der Waals surface area contributed by atoms with Crippen LogP contribution in [0.15, 0.2) is 42.5 Å². The highest BCUT2D eigenvalue weighted by atomic mass is 19.1. The number of hydrogen-bond acceptors (Lipinski definition) is 2. The van der Waals surface area contributed by atoms with Gasteiger partial charge in [-0.15, -0.1) is 0 Å². The summed E-state index contributed by atoms with van der Waals surface area (Å²) in [5.41, 5.74) is 1.85. The summed E-state index contributed by atoms with van der Waals surface area (Å²) in [5, 5.41) is 9.31. The third kappa shape index (κ3) is 3.02. The number of halogens is 1. The van der Waals surface area contributed by atoms with Crippen molar-refractivity contribution in [2.24, 2.45) is 0 Å². The van der Waals surface area contributed by atoms with Crippen LogP contribution < -0.4 is 0 Å². The van der Waals surface area contributed by atoms with Gasteiger partial charge in [-0.3, -0.25) is 4.79 Å². The molecule has 5 heteroatoms. The van der Waals surface area contributed by atoms with Crippen LogP contribution in [-0.2, 0) is 0 Å². The van der Waals surface area contributed by atoms with Gasteiger partial charge in [-0.2, -0.15) is 0 Å². The van der Waals surface area contributed by atoms with Crippen molar-refractivity contribution in [3.63, 3.8) is 0 Å². The van der Waals surface area contributed by atoms with Gasteiger partial charge in [0, 0.05) is 24.6 Å². The topological polar surface area (TPSA) is 57.6 Å². The van der Waals surface area contributed by atoms with Gasteiger partial charge in [-0.1, -0.05) is 24.3 Å². The molecule has 0 aromatic heterocycles. The minimum Gasteiger partial charge on any atom is -0.478 e. The molecule has 1 amide bonds. The molecule has 0 spiro atoms. The Kier molecular flexibility index (Phi) is 4.34. The van der Waals surface area contributed by atoms with Gasteiger partial charge in [0.1, 0.15) is 5.82 Å². The van der Waals surface area contributed by atoms with Gasteiger partial charge in [-0.25, -0.2) is 9.18 Å². The molecule has 1 N–H and O–H groups in total. The molecule has 0 unspecified atom stereocenters. The Bertz CT molecular complexity index is 803. The van der Waals surface area contributed by atoms with Gasteiger partial charge >= 0.3 is 5.97 Å². The van der Waals surface area contributed by atoms with Crippen LogP contribution in [0.4, 0.5) is 4.39 Å². The van der Waals surface area contributed by atoms with E-state index in [1.165, 1.54) is 6.07 Å². The van der Waals surface area contributed by atoms with Gasteiger partial charge in [0.05, 0.1) is 5.56 Å². The number of nitrogens with zero attached hydrogens (tertiary/aromatic N) is 1. The molecule has 1 atom stereocenters. The Morgan fingerprint density at radius 2 is 1.96 bits per heavy atom. The molecular formula is C19H18FNO3. The fraction of sp³-hybridized carbons (Fsp3) is 0.263. The summed E-state index contributed by atoms with van der Waals surface area (Å²) in [4.78, 5) is 25.6. The summed E-state index contributed by atoms with van der Waals surface area (Å²) in [6.07, 6.45) is 0.699. The highest BCUT2D eigenvalue weighted by Crippen LogP contribution is 2.30. The molecule has 24 heavy (non-hydrogen) atoms. The molecule has 2 aromatic carbocycles. The molecule has 124 valence electrons. The largest absolute Gasteiger partial charge is 0.478 e. The van der Waals surface area contributed by atoms with Crippen LogP contribution in [0.1, 0.15) is 44.2 Å². The molecule has 0 saturated carbocycles. The van der Waals surface area contributed by atoms with E-state index < -0.39 is 11.8 Å². The molecule has 0 aliphatic carbocycles. The number of benzene rings is 2. The Labute approximate surface area is 139 Å². The summed E-state index contributed by atoms with van der Waals surface area (Å²) < 4.78 is 13.7. The molecule has 3 rings (SSSR count). The van der Waals surface area contributed by atoms with Crippen LogP contribution in [0.3, 0.4) is 0 Å². The van der Waals surface area contributed by atoms with Crippen molar-refractivity contribution in [3.05, 3.63) is 70.5 Å². The monoisotopic (exact) mass is 327 g/mol. The van der Waals surface area contributed by atoms with Crippen LogP contribution >= 0.6 is 0 Å². The molecule has 1 saturated heterocycles. The lowest BCUT2D eigenvalue weighted by Gasteiger charge is -2.18. The predicted octanol–water partition coefficient (Wildman–Crippen LogP) is 3.46. The number of amides is 1. The standard InChI is InChI=1S/C19H18FNO3/c1-12-6-7-13(10-17(12)20)18(22)21-9-8-14(11-21)15-4-2-3-5-16(15)19(23)24/h2-7,10,14H,8-9,11H2,1H3,(H,23,24)/t14-/m0/s1. The van der Waals surface area contributed by atoms with Crippen LogP contribution in [-0.4, -0.2) is 35.0 Å². The van der Waals surface area contributed by atoms with Crippen molar-refractivity contribution in [1.29, 1.82) is 0 Å². The van der Waals surface area contributed by atoms with E-state index in [1.54, 1.807) is 42.2 Å². The third-order valence-electron chi connectivity index (χ3n) is 4.53. The fourth-order valence-electron chi connectivity index (χ4n) is 3.15. The number of carbonyl (C=O) groups excluding carboxylic acids is 1. The Morgan fingerprint density at radius 3 is 2.67 bits per heavy atom. The second-order valence-corrected chi connectivity index (χ2v) is 6.09. The fourth-order valence-corrected chi connectivity index (χ4v) is 3.15. The predicted molar refractivity (Wildman–Crippen MR) is 87.8 cm³/mol. The van der Waals surface area contributed by atoms with E-state index in [2.05, 4.69) is 0 Å². The number of aromatic carboxylic acids is 1. The molecule has 4 nitrogen and oxygen atoms in total. The smallest absolute Gasteiger partial charge is 0.335 e. The summed E-state index contributed by atoms with van der Waals surface area (Å²) in [6.45, 7) is 2.63. The first-order valence-electron chi connectivity index (χ1n) is 7.85. The minimum atomic E-state index is -0.962. The van der Waals surface area contributed by atoms with Crippen LogP contribution in [0.25, 0.3) is 0 Å². The SMILES string of the molecule is Cc1ccc(C(=O)N2CC[C@H](c3ccccc3C(=O)O)C2)cc1F. The number of carboxylic acids is 1. The van der Waals surface area contributed by atoms with Crippen molar-refractivity contribution >= 4 is 11.9 Å². The molecular weight excluding hydrogens is 309 g/mol. The Balaban J connectivity index is 1.79. The first-order chi connectivity index (χ1) is 11.5. The third-order valence-corrected chi connectivity index (χ3v) is 4.53. The van der Waals surface area contributed by atoms with Crippen molar-refractivity contribution < 1.29 is 19.1 Å². The molecule has 0 bridgehead atoms. The van der Waals surface area contributed by atoms with Gasteiger partial charge < -0.3 is 10.0 Å². The maximum Gasteiger partial charge on any atom is 0.335 e. The zero-order chi connectivity index (χ0) is 17.3. The number of carboxylic acid groups (broad SMARTS) is 1. The first-order valence-corrected chi connectivity index (χ1v) is 7.85. The highest BCUT2D eigenvalue weighted by Gasteiger charge is 2.30. The minimum absolute atomic E-state index is 0.0171. The van der Waals surface area contributed by atoms with Crippen molar-refractivity contribution in [1.82, 2.24) is 4.90 Å². The van der Waals surface area contributed by atoms with E-state index in [0.717, 1.165) is 5.56 Å². The van der Waals surface area contributed by atoms with Crippen molar-refractivity contribution in [3.8, 4) is 0 Å². The van der Waals surface area contributed by atoms with Gasteiger partial charge in [0.15, 0.2) is 0 Å². The van der Waals surface area contributed by atoms with Gasteiger partial charge in [0.2, 0.25) is 0 Å². The van der Waals surface area contributed by atoms with E-state index in [-0.39, 0.29) is 17.4 Å². The van der Waals surface area contributed by atoms with Crippen LogP contribution in [0.5, 0.6) is 0 Å². The number of hydrogen-bond donors (Lipinski definition) is 1. The van der Waals surface area contributed by atoms with Crippen LogP contribution in [0, 0.1) is 12.7 Å². The first kappa shape index (κ1) is 16.2. The normalized spacial score (nSPS) is 17.1. The number of likely N-dealkylation sites (tertiary alicyclic amines) is 1. The molecule has 1 fully saturated rings. The zero-order valence-corrected chi connectivity index (χ0v) is 13.3. The van der Waals surface area contributed by atoms with E-state index in [1.807, 2.05) is 6.07 Å². The summed E-state index contributed by atoms with van der Waals surface area (Å²) >= 11 is 0. The quantitative estimate of drug-likeness (QED) is 0.939. The second kappa shape index (κ2) is 6.43. The summed E-state index contributed by atoms with van der Waals surface area (Å²) in [7, 11) is 0. The van der Waals surface area contributed by atoms with Crippen LogP contribution in [0.2, 0.25) is 0 Å². The maximum atomic E-state index is 13.7. The van der Waals surface area contributed by atoms with Crippen molar-refractivity contribution in [2.45, 2.75) is 19.3 Å². The lowest BCUT2D eigenvalue weighted by Crippen LogP contribution is -2.28. The Hall–Kier alpha value is -2.69. The van der Waals surface area contributed by atoms with Crippen molar-refractivity contribution in [2.75, 3.05) is 13.1 Å². The lowest BCUT2D eigenvalue weighted by atomic mass is 9.93. The maximum absolute atomic E-state index is 13.7. The van der Waals surface area contributed by atoms with E-state index in [4.69, 9.17) is 0 Å². The number of rotatable bonds is 3. The summed E-state index contributed by atoms with van der Waals surface area (Å²) in [5.74, 6) is -1.59.